The molecule has 1 aromatic carbocycles. The van der Waals surface area contributed by atoms with E-state index in [9.17, 15) is 4.39 Å². The maximum Gasteiger partial charge on any atom is 0.563 e. The highest BCUT2D eigenvalue weighted by Gasteiger charge is 2.43. The van der Waals surface area contributed by atoms with Gasteiger partial charge in [0.05, 0.1) is 17.4 Å². The van der Waals surface area contributed by atoms with E-state index >= 15 is 0 Å². The number of hydrogen-bond acceptors (Lipinski definition) is 3. The largest absolute Gasteiger partial charge is 0.563 e. The Bertz CT molecular complexity index is 522. The number of nitriles is 1. The second kappa shape index (κ2) is 3.90. The van der Waals surface area contributed by atoms with Crippen LogP contribution < -0.4 is 5.46 Å². The quantitative estimate of drug-likeness (QED) is 0.691. The van der Waals surface area contributed by atoms with Crippen LogP contribution in [0.15, 0.2) is 30.5 Å². The molecule has 0 aliphatic carbocycles. The lowest BCUT2D eigenvalue weighted by Gasteiger charge is -2.15. The molecule has 3 nitrogen and oxygen atoms in total. The van der Waals surface area contributed by atoms with Gasteiger partial charge < -0.3 is 9.31 Å². The molecule has 1 aromatic rings. The molecule has 2 rings (SSSR count). The lowest BCUT2D eigenvalue weighted by atomic mass is 9.78. The number of hydrogen-bond donors (Lipinski definition) is 0. The highest BCUT2D eigenvalue weighted by molar-refractivity contribution is 6.62. The van der Waals surface area contributed by atoms with E-state index in [2.05, 4.69) is 6.58 Å². The molecule has 1 aliphatic rings. The molecule has 0 bridgehead atoms. The van der Waals surface area contributed by atoms with Gasteiger partial charge in [-0.2, -0.15) is 5.26 Å². The molecule has 0 radical (unpaired) electrons. The van der Waals surface area contributed by atoms with E-state index in [-0.39, 0.29) is 5.56 Å². The van der Waals surface area contributed by atoms with Crippen molar-refractivity contribution in [1.82, 2.24) is 0 Å². The molecule has 1 aliphatic heterocycles. The third kappa shape index (κ3) is 2.17. The molecule has 5 heteroatoms. The van der Waals surface area contributed by atoms with E-state index in [1.54, 1.807) is 6.07 Å². The molecule has 0 amide bonds. The number of halogens is 1. The summed E-state index contributed by atoms with van der Waals surface area (Å²) in [5.41, 5.74) is 0.111. The third-order valence-electron chi connectivity index (χ3n) is 2.64. The molecular formula is C12H11BFNO2. The topological polar surface area (TPSA) is 42.2 Å². The van der Waals surface area contributed by atoms with Crippen LogP contribution in [0.4, 0.5) is 4.39 Å². The van der Waals surface area contributed by atoms with Crippen molar-refractivity contribution in [2.75, 3.05) is 0 Å². The van der Waals surface area contributed by atoms with Crippen molar-refractivity contribution < 1.29 is 13.7 Å². The molecule has 0 saturated carbocycles. The van der Waals surface area contributed by atoms with Crippen molar-refractivity contribution in [3.05, 3.63) is 41.9 Å². The molecule has 1 fully saturated rings. The molecule has 1 saturated heterocycles. The smallest absolute Gasteiger partial charge is 0.534 e. The highest BCUT2D eigenvalue weighted by Crippen LogP contribution is 2.29. The minimum atomic E-state index is -0.708. The van der Waals surface area contributed by atoms with Gasteiger partial charge in [-0.1, -0.05) is 6.58 Å². The fraction of sp³-hybridized carbons (Fsp3) is 0.250. The lowest BCUT2D eigenvalue weighted by molar-refractivity contribution is 0.173. The summed E-state index contributed by atoms with van der Waals surface area (Å²) in [6, 6.07) is 5.89. The van der Waals surface area contributed by atoms with Gasteiger partial charge >= 0.3 is 7.12 Å². The van der Waals surface area contributed by atoms with E-state index in [4.69, 9.17) is 14.6 Å². The molecule has 0 atom stereocenters. The van der Waals surface area contributed by atoms with Gasteiger partial charge in [0.2, 0.25) is 0 Å². The average Bonchev–Trinajstić information content (AvgIpc) is 2.53. The van der Waals surface area contributed by atoms with Crippen LogP contribution in [0.3, 0.4) is 0 Å². The first-order valence-corrected chi connectivity index (χ1v) is 5.17. The fourth-order valence-corrected chi connectivity index (χ4v) is 1.58. The van der Waals surface area contributed by atoms with Crippen LogP contribution >= 0.6 is 0 Å². The maximum atomic E-state index is 13.3. The highest BCUT2D eigenvalue weighted by atomic mass is 19.1. The van der Waals surface area contributed by atoms with Gasteiger partial charge in [-0.05, 0) is 32.0 Å². The van der Waals surface area contributed by atoms with Gasteiger partial charge in [0.15, 0.2) is 0 Å². The zero-order chi connectivity index (χ0) is 12.6. The number of benzene rings is 1. The second-order valence-electron chi connectivity index (χ2n) is 4.39. The van der Waals surface area contributed by atoms with Gasteiger partial charge in [-0.3, -0.25) is 0 Å². The Hall–Kier alpha value is -1.80. The van der Waals surface area contributed by atoms with Crippen molar-refractivity contribution >= 4 is 12.6 Å². The van der Waals surface area contributed by atoms with Crippen molar-refractivity contribution in [1.29, 1.82) is 5.26 Å². The monoisotopic (exact) mass is 231 g/mol. The molecular weight excluding hydrogens is 220 g/mol. The van der Waals surface area contributed by atoms with Crippen LogP contribution in [-0.2, 0) is 9.31 Å². The summed E-state index contributed by atoms with van der Waals surface area (Å²) in [5, 5.41) is 8.77. The van der Waals surface area contributed by atoms with Gasteiger partial charge in [-0.25, -0.2) is 4.39 Å². The second-order valence-corrected chi connectivity index (χ2v) is 4.39. The Labute approximate surface area is 99.6 Å². The molecule has 0 N–H and O–H groups in total. The van der Waals surface area contributed by atoms with Crippen LogP contribution in [0.5, 0.6) is 0 Å². The minimum absolute atomic E-state index is 0.238. The van der Waals surface area contributed by atoms with Gasteiger partial charge in [0.25, 0.3) is 0 Å². The predicted molar refractivity (Wildman–Crippen MR) is 61.9 cm³/mol. The van der Waals surface area contributed by atoms with Crippen molar-refractivity contribution in [3.63, 3.8) is 0 Å². The Morgan fingerprint density at radius 1 is 1.41 bits per heavy atom. The first kappa shape index (κ1) is 11.7. The Balaban J connectivity index is 2.34. The summed E-state index contributed by atoms with van der Waals surface area (Å²) in [6.45, 7) is 7.38. The Morgan fingerprint density at radius 2 is 2.12 bits per heavy atom. The zero-order valence-corrected chi connectivity index (χ0v) is 9.66. The summed E-state index contributed by atoms with van der Waals surface area (Å²) in [7, 11) is -0.708. The molecule has 1 heterocycles. The molecule has 0 unspecified atom stereocenters. The average molecular weight is 231 g/mol. The van der Waals surface area contributed by atoms with E-state index in [0.717, 1.165) is 0 Å². The SMILES string of the molecule is C=C1OB(c2cc(F)cc(C#N)c2)OC1(C)C. The van der Waals surface area contributed by atoms with Crippen LogP contribution in [0.1, 0.15) is 19.4 Å². The maximum absolute atomic E-state index is 13.3. The van der Waals surface area contributed by atoms with E-state index in [1.807, 2.05) is 19.9 Å². The van der Waals surface area contributed by atoms with Crippen molar-refractivity contribution in [2.45, 2.75) is 19.4 Å². The summed E-state index contributed by atoms with van der Waals surface area (Å²) in [6.07, 6.45) is 0. The molecule has 0 spiro atoms. The minimum Gasteiger partial charge on any atom is -0.534 e. The van der Waals surface area contributed by atoms with Gasteiger partial charge in [0, 0.05) is 5.46 Å². The van der Waals surface area contributed by atoms with Gasteiger partial charge in [-0.15, -0.1) is 0 Å². The first-order chi connectivity index (χ1) is 7.92. The zero-order valence-electron chi connectivity index (χ0n) is 9.66. The number of rotatable bonds is 1. The molecule has 86 valence electrons. The van der Waals surface area contributed by atoms with Crippen LogP contribution in [0.25, 0.3) is 0 Å². The van der Waals surface area contributed by atoms with Crippen molar-refractivity contribution in [2.24, 2.45) is 0 Å². The van der Waals surface area contributed by atoms with E-state index < -0.39 is 18.5 Å². The van der Waals surface area contributed by atoms with Crippen molar-refractivity contribution in [3.8, 4) is 6.07 Å². The summed E-state index contributed by atoms with van der Waals surface area (Å²) in [4.78, 5) is 0. The van der Waals surface area contributed by atoms with Crippen LogP contribution in [-0.4, -0.2) is 12.7 Å². The summed E-state index contributed by atoms with van der Waals surface area (Å²) < 4.78 is 24.3. The Morgan fingerprint density at radius 3 is 2.65 bits per heavy atom. The Kier molecular flexibility index (Phi) is 2.68. The lowest BCUT2D eigenvalue weighted by Crippen LogP contribution is -2.34. The normalized spacial score (nSPS) is 17.8. The molecule has 17 heavy (non-hydrogen) atoms. The van der Waals surface area contributed by atoms with Gasteiger partial charge in [0.1, 0.15) is 11.4 Å². The molecule has 0 aromatic heterocycles. The summed E-state index contributed by atoms with van der Waals surface area (Å²) >= 11 is 0. The fourth-order valence-electron chi connectivity index (χ4n) is 1.58. The van der Waals surface area contributed by atoms with Crippen LogP contribution in [0, 0.1) is 17.1 Å². The van der Waals surface area contributed by atoms with Crippen LogP contribution in [0.2, 0.25) is 0 Å². The van der Waals surface area contributed by atoms with E-state index in [0.29, 0.717) is 11.2 Å². The standard InChI is InChI=1S/C12H11BFNO2/c1-8-12(2,3)17-13(16-8)10-4-9(7-15)5-11(14)6-10/h4-6H,1H2,2-3H3. The first-order valence-electron chi connectivity index (χ1n) is 5.17. The summed E-state index contributed by atoms with van der Waals surface area (Å²) in [5.74, 6) is 0.00633. The third-order valence-corrected chi connectivity index (χ3v) is 2.64. The van der Waals surface area contributed by atoms with E-state index in [1.165, 1.54) is 12.1 Å². The number of nitrogens with zero attached hydrogens (tertiary/aromatic N) is 1. The predicted octanol–water partition coefficient (Wildman–Crippen LogP) is 1.73.